The van der Waals surface area contributed by atoms with E-state index in [2.05, 4.69) is 19.2 Å². The van der Waals surface area contributed by atoms with Gasteiger partial charge in [-0.15, -0.1) is 0 Å². The van der Waals surface area contributed by atoms with Crippen LogP contribution in [0.25, 0.3) is 0 Å². The zero-order chi connectivity index (χ0) is 10.4. The molecule has 0 amide bonds. The van der Waals surface area contributed by atoms with Crippen molar-refractivity contribution in [2.24, 2.45) is 5.92 Å². The molecule has 1 rings (SSSR count). The average molecular weight is 199 g/mol. The summed E-state index contributed by atoms with van der Waals surface area (Å²) in [6.45, 7) is 5.47. The molecule has 0 bridgehead atoms. The summed E-state index contributed by atoms with van der Waals surface area (Å²) in [5.74, 6) is 0.993. The van der Waals surface area contributed by atoms with Gasteiger partial charge in [0.1, 0.15) is 0 Å². The molecule has 1 saturated carbocycles. The van der Waals surface area contributed by atoms with Crippen molar-refractivity contribution in [2.45, 2.75) is 58.1 Å². The minimum atomic E-state index is 0.318. The van der Waals surface area contributed by atoms with E-state index < -0.39 is 0 Å². The minimum absolute atomic E-state index is 0.318. The molecule has 1 fully saturated rings. The van der Waals surface area contributed by atoms with Gasteiger partial charge in [0.05, 0.1) is 6.10 Å². The van der Waals surface area contributed by atoms with Gasteiger partial charge in [0.25, 0.3) is 0 Å². The number of ether oxygens (including phenoxy) is 1. The molecule has 0 aromatic heterocycles. The lowest BCUT2D eigenvalue weighted by Gasteiger charge is -2.20. The second kappa shape index (κ2) is 6.41. The van der Waals surface area contributed by atoms with Gasteiger partial charge < -0.3 is 10.1 Å². The van der Waals surface area contributed by atoms with Crippen molar-refractivity contribution in [1.29, 1.82) is 0 Å². The van der Waals surface area contributed by atoms with Crippen molar-refractivity contribution in [3.8, 4) is 0 Å². The molecule has 2 heteroatoms. The maximum absolute atomic E-state index is 5.27. The van der Waals surface area contributed by atoms with Gasteiger partial charge in [-0.05, 0) is 32.7 Å². The molecule has 0 saturated heterocycles. The first-order valence-corrected chi connectivity index (χ1v) is 6.00. The first-order chi connectivity index (χ1) is 6.74. The van der Waals surface area contributed by atoms with E-state index in [-0.39, 0.29) is 0 Å². The van der Waals surface area contributed by atoms with Crippen LogP contribution in [0, 0.1) is 5.92 Å². The molecular formula is C12H25NO. The number of nitrogens with one attached hydrogen (secondary N) is 1. The lowest BCUT2D eigenvalue weighted by atomic mass is 10.0. The van der Waals surface area contributed by atoms with Gasteiger partial charge in [0, 0.05) is 13.2 Å². The third-order valence-corrected chi connectivity index (χ3v) is 3.57. The van der Waals surface area contributed by atoms with E-state index in [1.165, 1.54) is 32.1 Å². The Labute approximate surface area is 88.4 Å². The molecule has 0 aliphatic heterocycles. The van der Waals surface area contributed by atoms with E-state index >= 15 is 0 Å². The molecule has 0 aromatic carbocycles. The van der Waals surface area contributed by atoms with Crippen LogP contribution in [-0.4, -0.2) is 25.8 Å². The third kappa shape index (κ3) is 3.97. The van der Waals surface area contributed by atoms with E-state index in [4.69, 9.17) is 4.74 Å². The van der Waals surface area contributed by atoms with Gasteiger partial charge in [-0.2, -0.15) is 0 Å². The van der Waals surface area contributed by atoms with Crippen LogP contribution in [0.4, 0.5) is 0 Å². The summed E-state index contributed by atoms with van der Waals surface area (Å²) < 4.78 is 5.27. The van der Waals surface area contributed by atoms with Crippen LogP contribution >= 0.6 is 0 Å². The third-order valence-electron chi connectivity index (χ3n) is 3.57. The summed E-state index contributed by atoms with van der Waals surface area (Å²) in [5, 5.41) is 3.54. The summed E-state index contributed by atoms with van der Waals surface area (Å²) >= 11 is 0. The highest BCUT2D eigenvalue weighted by Crippen LogP contribution is 2.26. The first-order valence-electron chi connectivity index (χ1n) is 6.00. The van der Waals surface area contributed by atoms with Crippen LogP contribution in [0.15, 0.2) is 0 Å². The second-order valence-corrected chi connectivity index (χ2v) is 4.62. The Morgan fingerprint density at radius 3 is 2.50 bits per heavy atom. The highest BCUT2D eigenvalue weighted by Gasteiger charge is 2.15. The fourth-order valence-corrected chi connectivity index (χ4v) is 2.18. The van der Waals surface area contributed by atoms with Crippen LogP contribution in [-0.2, 0) is 4.74 Å². The summed E-state index contributed by atoms with van der Waals surface area (Å²) in [4.78, 5) is 0. The van der Waals surface area contributed by atoms with Crippen molar-refractivity contribution >= 4 is 0 Å². The Morgan fingerprint density at radius 2 is 1.93 bits per heavy atom. The Hall–Kier alpha value is -0.0800. The highest BCUT2D eigenvalue weighted by atomic mass is 16.5. The zero-order valence-corrected chi connectivity index (χ0v) is 9.88. The molecule has 0 radical (unpaired) electrons. The molecule has 2 atom stereocenters. The monoisotopic (exact) mass is 199 g/mol. The molecule has 0 spiro atoms. The van der Waals surface area contributed by atoms with Crippen molar-refractivity contribution in [2.75, 3.05) is 13.7 Å². The van der Waals surface area contributed by atoms with Crippen molar-refractivity contribution in [1.82, 2.24) is 5.32 Å². The summed E-state index contributed by atoms with van der Waals surface area (Å²) in [6, 6.07) is 0.474. The lowest BCUT2D eigenvalue weighted by molar-refractivity contribution is 0.0883. The molecular weight excluding hydrogens is 174 g/mol. The molecule has 84 valence electrons. The maximum Gasteiger partial charge on any atom is 0.0693 e. The predicted octanol–water partition coefficient (Wildman–Crippen LogP) is 2.58. The quantitative estimate of drug-likeness (QED) is 0.710. The van der Waals surface area contributed by atoms with Gasteiger partial charge in [0.15, 0.2) is 0 Å². The average Bonchev–Trinajstić information content (AvgIpc) is 2.69. The van der Waals surface area contributed by atoms with E-state index in [1.54, 1.807) is 7.11 Å². The van der Waals surface area contributed by atoms with Gasteiger partial charge in [-0.3, -0.25) is 0 Å². The van der Waals surface area contributed by atoms with Crippen molar-refractivity contribution < 1.29 is 4.74 Å². The number of hydrogen-bond acceptors (Lipinski definition) is 2. The van der Waals surface area contributed by atoms with Gasteiger partial charge in [0.2, 0.25) is 0 Å². The molecule has 1 N–H and O–H groups in total. The first kappa shape index (κ1) is 12.0. The van der Waals surface area contributed by atoms with Crippen molar-refractivity contribution in [3.63, 3.8) is 0 Å². The predicted molar refractivity (Wildman–Crippen MR) is 60.5 cm³/mol. The second-order valence-electron chi connectivity index (χ2n) is 4.62. The van der Waals surface area contributed by atoms with Gasteiger partial charge in [-0.1, -0.05) is 25.7 Å². The summed E-state index contributed by atoms with van der Waals surface area (Å²) in [5.41, 5.74) is 0. The minimum Gasteiger partial charge on any atom is -0.380 e. The molecule has 0 aromatic rings. The van der Waals surface area contributed by atoms with Crippen LogP contribution < -0.4 is 5.32 Å². The molecule has 1 aliphatic rings. The molecule has 14 heavy (non-hydrogen) atoms. The van der Waals surface area contributed by atoms with E-state index in [0.717, 1.165) is 12.5 Å². The molecule has 1 aliphatic carbocycles. The summed E-state index contributed by atoms with van der Waals surface area (Å²) in [7, 11) is 1.78. The molecule has 2 unspecified atom stereocenters. The van der Waals surface area contributed by atoms with E-state index in [9.17, 15) is 0 Å². The SMILES string of the molecule is COC(C)C(C)NCCC1CCCC1. The topological polar surface area (TPSA) is 21.3 Å². The number of hydrogen-bond donors (Lipinski definition) is 1. The lowest BCUT2D eigenvalue weighted by Crippen LogP contribution is -2.37. The fourth-order valence-electron chi connectivity index (χ4n) is 2.18. The Balaban J connectivity index is 2.02. The fraction of sp³-hybridized carbons (Fsp3) is 1.00. The Kier molecular flexibility index (Phi) is 5.49. The Morgan fingerprint density at radius 1 is 1.29 bits per heavy atom. The van der Waals surface area contributed by atoms with Crippen LogP contribution in [0.1, 0.15) is 46.0 Å². The maximum atomic E-state index is 5.27. The Bertz CT molecular complexity index is 143. The van der Waals surface area contributed by atoms with Crippen LogP contribution in [0.5, 0.6) is 0 Å². The summed E-state index contributed by atoms with van der Waals surface area (Å²) in [6.07, 6.45) is 7.48. The van der Waals surface area contributed by atoms with Crippen LogP contribution in [0.2, 0.25) is 0 Å². The normalized spacial score (nSPS) is 22.5. The standard InChI is InChI=1S/C12H25NO/c1-10(11(2)14-3)13-9-8-12-6-4-5-7-12/h10-13H,4-9H2,1-3H3. The zero-order valence-electron chi connectivity index (χ0n) is 9.88. The van der Waals surface area contributed by atoms with Crippen LogP contribution in [0.3, 0.4) is 0 Å². The molecule has 2 nitrogen and oxygen atoms in total. The van der Waals surface area contributed by atoms with Crippen molar-refractivity contribution in [3.05, 3.63) is 0 Å². The highest BCUT2D eigenvalue weighted by molar-refractivity contribution is 4.71. The van der Waals surface area contributed by atoms with Gasteiger partial charge >= 0.3 is 0 Å². The van der Waals surface area contributed by atoms with Gasteiger partial charge in [-0.25, -0.2) is 0 Å². The largest absolute Gasteiger partial charge is 0.380 e. The smallest absolute Gasteiger partial charge is 0.0693 e. The van der Waals surface area contributed by atoms with E-state index in [0.29, 0.717) is 12.1 Å². The van der Waals surface area contributed by atoms with E-state index in [1.807, 2.05) is 0 Å². The number of methoxy groups -OCH3 is 1. The molecule has 0 heterocycles. The number of rotatable bonds is 6.